The Balaban J connectivity index is 1.98. The molecule has 2 rings (SSSR count). The summed E-state index contributed by atoms with van der Waals surface area (Å²) in [6.07, 6.45) is 34.5. The van der Waals surface area contributed by atoms with Gasteiger partial charge in [-0.15, -0.1) is 4.52 Å². The fraction of sp³-hybridized carbons (Fsp3) is 0.714. The highest BCUT2D eigenvalue weighted by Gasteiger charge is 2.20. The fourth-order valence-corrected chi connectivity index (χ4v) is 7.26. The molecule has 0 N–H and O–H groups in total. The maximum atomic E-state index is 10.4. The van der Waals surface area contributed by atoms with Gasteiger partial charge in [0.05, 0.1) is 0 Å². The molecular weight excluding hydrogens is 567 g/mol. The van der Waals surface area contributed by atoms with E-state index in [1.54, 1.807) is 22.3 Å². The third-order valence-corrected chi connectivity index (χ3v) is 10.1. The zero-order valence-electron chi connectivity index (χ0n) is 29.6. The van der Waals surface area contributed by atoms with Gasteiger partial charge in [0.1, 0.15) is 6.61 Å². The lowest BCUT2D eigenvalue weighted by Gasteiger charge is -2.24. The van der Waals surface area contributed by atoms with Gasteiger partial charge in [-0.05, 0) is 65.3 Å². The van der Waals surface area contributed by atoms with Gasteiger partial charge in [0.25, 0.3) is 0 Å². The minimum Gasteiger partial charge on any atom is -0.148 e. The first-order valence-corrected chi connectivity index (χ1v) is 20.3. The first-order chi connectivity index (χ1) is 22.3. The SMILES string of the molecule is CCCCCCCCCc1ccccc1C(CCCCCCCCCCCO[PH+]=O)c1ccccc1CCCCCCCCC. The Morgan fingerprint density at radius 2 is 0.867 bits per heavy atom. The van der Waals surface area contributed by atoms with E-state index in [9.17, 15) is 4.57 Å². The molecule has 0 aromatic heterocycles. The van der Waals surface area contributed by atoms with E-state index in [2.05, 4.69) is 62.4 Å². The van der Waals surface area contributed by atoms with Crippen molar-refractivity contribution in [1.82, 2.24) is 0 Å². The molecule has 0 spiro atoms. The summed E-state index contributed by atoms with van der Waals surface area (Å²) in [5, 5.41) is 0. The first-order valence-electron chi connectivity index (χ1n) is 19.5. The van der Waals surface area contributed by atoms with E-state index in [0.717, 1.165) is 6.42 Å². The van der Waals surface area contributed by atoms with Crippen LogP contribution in [-0.4, -0.2) is 6.61 Å². The van der Waals surface area contributed by atoms with Crippen molar-refractivity contribution in [3.8, 4) is 0 Å². The van der Waals surface area contributed by atoms with Crippen molar-refractivity contribution in [2.24, 2.45) is 0 Å². The molecule has 1 atom stereocenters. The molecule has 3 heteroatoms. The van der Waals surface area contributed by atoms with Crippen molar-refractivity contribution in [3.05, 3.63) is 70.8 Å². The first kappa shape index (κ1) is 39.7. The summed E-state index contributed by atoms with van der Waals surface area (Å²) in [5.41, 5.74) is 6.42. The summed E-state index contributed by atoms with van der Waals surface area (Å²) < 4.78 is 15.4. The lowest BCUT2D eigenvalue weighted by molar-refractivity contribution is 0.328. The predicted molar refractivity (Wildman–Crippen MR) is 199 cm³/mol. The van der Waals surface area contributed by atoms with Crippen LogP contribution in [0.15, 0.2) is 48.5 Å². The lowest BCUT2D eigenvalue weighted by Crippen LogP contribution is -2.08. The van der Waals surface area contributed by atoms with Gasteiger partial charge in [0.2, 0.25) is 0 Å². The number of hydrogen-bond acceptors (Lipinski definition) is 2. The van der Waals surface area contributed by atoms with Crippen molar-refractivity contribution in [2.75, 3.05) is 6.61 Å². The number of hydrogen-bond donors (Lipinski definition) is 0. The van der Waals surface area contributed by atoms with Crippen LogP contribution in [0.4, 0.5) is 0 Å². The minimum absolute atomic E-state index is 0.517. The second-order valence-corrected chi connectivity index (χ2v) is 14.1. The predicted octanol–water partition coefficient (Wildman–Crippen LogP) is 14.3. The monoisotopic (exact) mass is 638 g/mol. The Morgan fingerprint density at radius 3 is 1.31 bits per heavy atom. The molecule has 45 heavy (non-hydrogen) atoms. The van der Waals surface area contributed by atoms with E-state index in [-0.39, 0.29) is 0 Å². The summed E-state index contributed by atoms with van der Waals surface area (Å²) in [5.74, 6) is 0.517. The van der Waals surface area contributed by atoms with E-state index in [4.69, 9.17) is 4.52 Å². The van der Waals surface area contributed by atoms with Crippen LogP contribution >= 0.6 is 8.69 Å². The average molecular weight is 638 g/mol. The van der Waals surface area contributed by atoms with E-state index in [0.29, 0.717) is 12.5 Å². The number of rotatable bonds is 31. The topological polar surface area (TPSA) is 26.3 Å². The Hall–Kier alpha value is -1.50. The molecule has 0 radical (unpaired) electrons. The van der Waals surface area contributed by atoms with Gasteiger partial charge in [-0.1, -0.05) is 191 Å². The molecule has 0 aliphatic carbocycles. The van der Waals surface area contributed by atoms with E-state index >= 15 is 0 Å². The molecule has 2 aromatic rings. The molecule has 2 aromatic carbocycles. The fourth-order valence-electron chi connectivity index (χ4n) is 7.03. The number of aryl methyl sites for hydroxylation is 2. The van der Waals surface area contributed by atoms with Crippen LogP contribution in [0.3, 0.4) is 0 Å². The van der Waals surface area contributed by atoms with Gasteiger partial charge in [0.15, 0.2) is 0 Å². The minimum atomic E-state index is -0.605. The van der Waals surface area contributed by atoms with E-state index < -0.39 is 8.69 Å². The molecule has 0 saturated heterocycles. The molecule has 2 nitrogen and oxygen atoms in total. The molecule has 0 amide bonds. The Kier molecular flexibility index (Phi) is 25.3. The normalized spacial score (nSPS) is 11.6. The quantitative estimate of drug-likeness (QED) is 0.0607. The van der Waals surface area contributed by atoms with E-state index in [1.165, 1.54) is 161 Å². The molecule has 0 aliphatic heterocycles. The van der Waals surface area contributed by atoms with Crippen molar-refractivity contribution < 1.29 is 9.09 Å². The van der Waals surface area contributed by atoms with Gasteiger partial charge >= 0.3 is 8.69 Å². The molecule has 0 heterocycles. The standard InChI is InChI=1S/C42H70O2P/c1-3-5-7-9-14-18-22-30-38-32-25-27-34-40(38)42(36-24-20-16-12-11-13-17-21-29-37-44-45-43)41-35-28-26-33-39(41)31-23-19-15-10-8-6-4-2/h25-28,32-35,42,45H,3-24,29-31,36-37H2,1-2H3/q+1. The smallest absolute Gasteiger partial charge is 0.148 e. The molecule has 0 fully saturated rings. The van der Waals surface area contributed by atoms with Gasteiger partial charge in [-0.3, -0.25) is 0 Å². The largest absolute Gasteiger partial charge is 0.494 e. The molecular formula is C42H70O2P+. The third-order valence-electron chi connectivity index (χ3n) is 9.76. The van der Waals surface area contributed by atoms with Crippen LogP contribution in [0.1, 0.15) is 196 Å². The number of unbranched alkanes of at least 4 members (excludes halogenated alkanes) is 20. The van der Waals surface area contributed by atoms with Crippen LogP contribution in [0.25, 0.3) is 0 Å². The van der Waals surface area contributed by atoms with Gasteiger partial charge in [-0.2, -0.15) is 0 Å². The van der Waals surface area contributed by atoms with E-state index in [1.807, 2.05) is 0 Å². The maximum absolute atomic E-state index is 10.4. The lowest BCUT2D eigenvalue weighted by atomic mass is 9.80. The van der Waals surface area contributed by atoms with Crippen LogP contribution < -0.4 is 0 Å². The molecule has 254 valence electrons. The Morgan fingerprint density at radius 1 is 0.489 bits per heavy atom. The molecule has 1 unspecified atom stereocenters. The maximum Gasteiger partial charge on any atom is 0.494 e. The summed E-state index contributed by atoms with van der Waals surface area (Å²) in [6, 6.07) is 18.9. The van der Waals surface area contributed by atoms with Gasteiger partial charge in [-0.25, -0.2) is 0 Å². The van der Waals surface area contributed by atoms with Crippen LogP contribution in [-0.2, 0) is 21.9 Å². The van der Waals surface area contributed by atoms with Gasteiger partial charge < -0.3 is 0 Å². The Bertz CT molecular complexity index is 896. The van der Waals surface area contributed by atoms with Crippen molar-refractivity contribution >= 4 is 8.69 Å². The highest BCUT2D eigenvalue weighted by molar-refractivity contribution is 7.17. The second kappa shape index (κ2) is 28.7. The molecule has 0 saturated carbocycles. The summed E-state index contributed by atoms with van der Waals surface area (Å²) in [6.45, 7) is 5.26. The highest BCUT2D eigenvalue weighted by Crippen LogP contribution is 2.36. The van der Waals surface area contributed by atoms with Crippen LogP contribution in [0, 0.1) is 0 Å². The van der Waals surface area contributed by atoms with Crippen LogP contribution in [0.2, 0.25) is 0 Å². The average Bonchev–Trinajstić information content (AvgIpc) is 3.07. The second-order valence-electron chi connectivity index (χ2n) is 13.6. The molecule has 0 bridgehead atoms. The van der Waals surface area contributed by atoms with Crippen molar-refractivity contribution in [1.29, 1.82) is 0 Å². The van der Waals surface area contributed by atoms with Crippen molar-refractivity contribution in [3.63, 3.8) is 0 Å². The highest BCUT2D eigenvalue weighted by atomic mass is 31.1. The van der Waals surface area contributed by atoms with Gasteiger partial charge in [0, 0.05) is 5.92 Å². The summed E-state index contributed by atoms with van der Waals surface area (Å²) in [4.78, 5) is 0. The zero-order valence-corrected chi connectivity index (χ0v) is 30.6. The summed E-state index contributed by atoms with van der Waals surface area (Å²) in [7, 11) is -0.605. The van der Waals surface area contributed by atoms with Crippen molar-refractivity contribution in [2.45, 2.75) is 187 Å². The molecule has 0 aliphatic rings. The Labute approximate surface area is 281 Å². The zero-order chi connectivity index (χ0) is 32.0. The number of benzene rings is 2. The summed E-state index contributed by atoms with van der Waals surface area (Å²) >= 11 is 0. The third kappa shape index (κ3) is 19.0. The van der Waals surface area contributed by atoms with Crippen LogP contribution in [0.5, 0.6) is 0 Å².